The van der Waals surface area contributed by atoms with E-state index in [1.807, 2.05) is 37.8 Å². The Kier molecular flexibility index (Phi) is 4.37. The molecule has 2 heterocycles. The van der Waals surface area contributed by atoms with Gasteiger partial charge in [0.2, 0.25) is 0 Å². The number of amides is 1. The van der Waals surface area contributed by atoms with E-state index >= 15 is 0 Å². The number of carbonyl (C=O) groups excluding carboxylic acids is 1. The van der Waals surface area contributed by atoms with Crippen LogP contribution >= 0.6 is 0 Å². The van der Waals surface area contributed by atoms with Gasteiger partial charge in [-0.05, 0) is 32.4 Å². The SMILES string of the molecule is CCC1CN(C(=O)c2ccc(C)nc2C)CC/C1=N\O. The molecule has 1 aliphatic rings. The molecule has 5 heteroatoms. The molecule has 0 spiro atoms. The molecule has 1 saturated heterocycles. The van der Waals surface area contributed by atoms with Crippen LogP contribution in [0.2, 0.25) is 0 Å². The van der Waals surface area contributed by atoms with E-state index in [0.29, 0.717) is 25.1 Å². The van der Waals surface area contributed by atoms with Crippen molar-refractivity contribution in [1.82, 2.24) is 9.88 Å². The van der Waals surface area contributed by atoms with E-state index in [1.165, 1.54) is 0 Å². The highest BCUT2D eigenvalue weighted by Gasteiger charge is 2.28. The molecule has 1 aliphatic heterocycles. The molecule has 0 radical (unpaired) electrons. The second-order valence-corrected chi connectivity index (χ2v) is 5.28. The molecule has 1 fully saturated rings. The van der Waals surface area contributed by atoms with Gasteiger partial charge in [0.05, 0.1) is 17.0 Å². The number of aromatic nitrogens is 1. The predicted molar refractivity (Wildman–Crippen MR) is 77.2 cm³/mol. The molecule has 1 amide bonds. The summed E-state index contributed by atoms with van der Waals surface area (Å²) in [6.07, 6.45) is 1.51. The molecule has 2 rings (SSSR count). The number of hydrogen-bond donors (Lipinski definition) is 1. The zero-order valence-corrected chi connectivity index (χ0v) is 12.3. The van der Waals surface area contributed by atoms with Crippen LogP contribution in [0.3, 0.4) is 0 Å². The monoisotopic (exact) mass is 275 g/mol. The molecule has 108 valence electrons. The van der Waals surface area contributed by atoms with E-state index in [9.17, 15) is 4.79 Å². The Labute approximate surface area is 119 Å². The number of hydrogen-bond acceptors (Lipinski definition) is 4. The van der Waals surface area contributed by atoms with Crippen LogP contribution in [0.1, 0.15) is 41.5 Å². The van der Waals surface area contributed by atoms with Gasteiger partial charge >= 0.3 is 0 Å². The molecule has 1 unspecified atom stereocenters. The molecule has 0 aromatic carbocycles. The van der Waals surface area contributed by atoms with Gasteiger partial charge in [0.1, 0.15) is 0 Å². The van der Waals surface area contributed by atoms with Gasteiger partial charge in [0.15, 0.2) is 0 Å². The third-order valence-corrected chi connectivity index (χ3v) is 3.91. The van der Waals surface area contributed by atoms with Crippen molar-refractivity contribution in [2.75, 3.05) is 13.1 Å². The number of aryl methyl sites for hydroxylation is 2. The molecule has 1 aromatic heterocycles. The normalized spacial score (nSPS) is 21.2. The van der Waals surface area contributed by atoms with Crippen LogP contribution in [0.15, 0.2) is 17.3 Å². The Bertz CT molecular complexity index is 540. The average Bonchev–Trinajstić information content (AvgIpc) is 2.45. The summed E-state index contributed by atoms with van der Waals surface area (Å²) in [5.74, 6) is 0.168. The lowest BCUT2D eigenvalue weighted by Crippen LogP contribution is -2.44. The number of piperidine rings is 1. The van der Waals surface area contributed by atoms with Crippen LogP contribution in [0.25, 0.3) is 0 Å². The van der Waals surface area contributed by atoms with Crippen molar-refractivity contribution in [3.05, 3.63) is 29.1 Å². The molecule has 5 nitrogen and oxygen atoms in total. The first-order valence-electron chi connectivity index (χ1n) is 7.01. The fourth-order valence-corrected chi connectivity index (χ4v) is 2.68. The number of likely N-dealkylation sites (tertiary alicyclic amines) is 1. The molecule has 0 bridgehead atoms. The van der Waals surface area contributed by atoms with Crippen molar-refractivity contribution in [1.29, 1.82) is 0 Å². The van der Waals surface area contributed by atoms with Crippen molar-refractivity contribution < 1.29 is 10.0 Å². The maximum absolute atomic E-state index is 12.6. The van der Waals surface area contributed by atoms with Gasteiger partial charge in [-0.2, -0.15) is 0 Å². The topological polar surface area (TPSA) is 65.8 Å². The Morgan fingerprint density at radius 3 is 2.85 bits per heavy atom. The first-order chi connectivity index (χ1) is 9.56. The molecule has 0 saturated carbocycles. The molecule has 0 aliphatic carbocycles. The molecule has 1 N–H and O–H groups in total. The lowest BCUT2D eigenvalue weighted by molar-refractivity contribution is 0.0727. The van der Waals surface area contributed by atoms with E-state index in [1.54, 1.807) is 0 Å². The highest BCUT2D eigenvalue weighted by atomic mass is 16.4. The second-order valence-electron chi connectivity index (χ2n) is 5.28. The maximum Gasteiger partial charge on any atom is 0.255 e. The van der Waals surface area contributed by atoms with Crippen molar-refractivity contribution in [3.63, 3.8) is 0 Å². The van der Waals surface area contributed by atoms with Gasteiger partial charge in [-0.15, -0.1) is 0 Å². The van der Waals surface area contributed by atoms with E-state index < -0.39 is 0 Å². The Hall–Kier alpha value is -1.91. The van der Waals surface area contributed by atoms with Gasteiger partial charge in [0, 0.05) is 31.1 Å². The average molecular weight is 275 g/mol. The summed E-state index contributed by atoms with van der Waals surface area (Å²) in [4.78, 5) is 18.8. The van der Waals surface area contributed by atoms with Gasteiger partial charge in [-0.3, -0.25) is 9.78 Å². The third kappa shape index (κ3) is 2.81. The smallest absolute Gasteiger partial charge is 0.255 e. The molecular formula is C15H21N3O2. The standard InChI is InChI=1S/C15H21N3O2/c1-4-12-9-18(8-7-14(12)17-20)15(19)13-6-5-10(2)16-11(13)3/h5-6,12,20H,4,7-9H2,1-3H3/b17-14+. The third-order valence-electron chi connectivity index (χ3n) is 3.91. The first-order valence-corrected chi connectivity index (χ1v) is 7.01. The summed E-state index contributed by atoms with van der Waals surface area (Å²) >= 11 is 0. The zero-order valence-electron chi connectivity index (χ0n) is 12.3. The van der Waals surface area contributed by atoms with Crippen LogP contribution < -0.4 is 0 Å². The maximum atomic E-state index is 12.6. The summed E-state index contributed by atoms with van der Waals surface area (Å²) < 4.78 is 0. The van der Waals surface area contributed by atoms with Crippen LogP contribution in [-0.2, 0) is 0 Å². The summed E-state index contributed by atoms with van der Waals surface area (Å²) in [5, 5.41) is 12.3. The number of rotatable bonds is 2. The largest absolute Gasteiger partial charge is 0.411 e. The quantitative estimate of drug-likeness (QED) is 0.665. The van der Waals surface area contributed by atoms with Crippen LogP contribution in [-0.4, -0.2) is 39.8 Å². The minimum absolute atomic E-state index is 0.0189. The van der Waals surface area contributed by atoms with Crippen LogP contribution in [0.4, 0.5) is 0 Å². The Morgan fingerprint density at radius 1 is 1.50 bits per heavy atom. The summed E-state index contributed by atoms with van der Waals surface area (Å²) in [7, 11) is 0. The van der Waals surface area contributed by atoms with Crippen molar-refractivity contribution >= 4 is 11.6 Å². The van der Waals surface area contributed by atoms with E-state index in [2.05, 4.69) is 10.1 Å². The van der Waals surface area contributed by atoms with Crippen LogP contribution in [0.5, 0.6) is 0 Å². The first kappa shape index (κ1) is 14.5. The Morgan fingerprint density at radius 2 is 2.25 bits per heavy atom. The van der Waals surface area contributed by atoms with E-state index in [-0.39, 0.29) is 11.8 Å². The fraction of sp³-hybridized carbons (Fsp3) is 0.533. The summed E-state index contributed by atoms with van der Waals surface area (Å²) in [5.41, 5.74) is 3.15. The minimum atomic E-state index is 0.0189. The lowest BCUT2D eigenvalue weighted by Gasteiger charge is -2.33. The number of carbonyl (C=O) groups is 1. The number of nitrogens with zero attached hydrogens (tertiary/aromatic N) is 3. The number of pyridine rings is 1. The molecular weight excluding hydrogens is 254 g/mol. The van der Waals surface area contributed by atoms with Gasteiger partial charge in [-0.25, -0.2) is 0 Å². The van der Waals surface area contributed by atoms with Gasteiger partial charge in [-0.1, -0.05) is 12.1 Å². The number of oxime groups is 1. The summed E-state index contributed by atoms with van der Waals surface area (Å²) in [6, 6.07) is 3.71. The highest BCUT2D eigenvalue weighted by Crippen LogP contribution is 2.20. The Balaban J connectivity index is 2.18. The summed E-state index contributed by atoms with van der Waals surface area (Å²) in [6.45, 7) is 7.04. The molecule has 1 aromatic rings. The van der Waals surface area contributed by atoms with Gasteiger partial charge < -0.3 is 10.1 Å². The lowest BCUT2D eigenvalue weighted by atomic mass is 9.92. The van der Waals surface area contributed by atoms with Crippen molar-refractivity contribution in [3.8, 4) is 0 Å². The predicted octanol–water partition coefficient (Wildman–Crippen LogP) is 2.40. The fourth-order valence-electron chi connectivity index (χ4n) is 2.68. The van der Waals surface area contributed by atoms with E-state index in [4.69, 9.17) is 5.21 Å². The molecule has 20 heavy (non-hydrogen) atoms. The van der Waals surface area contributed by atoms with Crippen molar-refractivity contribution in [2.24, 2.45) is 11.1 Å². The van der Waals surface area contributed by atoms with Gasteiger partial charge in [0.25, 0.3) is 5.91 Å². The zero-order chi connectivity index (χ0) is 14.7. The van der Waals surface area contributed by atoms with Crippen molar-refractivity contribution in [2.45, 2.75) is 33.6 Å². The van der Waals surface area contributed by atoms with Crippen LogP contribution in [0, 0.1) is 19.8 Å². The minimum Gasteiger partial charge on any atom is -0.411 e. The molecule has 1 atom stereocenters. The van der Waals surface area contributed by atoms with E-state index in [0.717, 1.165) is 23.5 Å². The second kappa shape index (κ2) is 6.03. The highest BCUT2D eigenvalue weighted by molar-refractivity contribution is 5.97.